The molecule has 1 fully saturated rings. The third-order valence-corrected chi connectivity index (χ3v) is 5.05. The minimum absolute atomic E-state index is 0.0360. The Bertz CT molecular complexity index is 611. The zero-order valence-electron chi connectivity index (χ0n) is 14.0. The molecule has 3 heteroatoms. The molecule has 0 aliphatic carbocycles. The maximum Gasteiger partial charge on any atom is 0.118 e. The van der Waals surface area contributed by atoms with Gasteiger partial charge in [-0.2, -0.15) is 0 Å². The van der Waals surface area contributed by atoms with E-state index in [1.54, 1.807) is 7.11 Å². The fourth-order valence-electron chi connectivity index (χ4n) is 3.70. The Morgan fingerprint density at radius 2 is 1.78 bits per heavy atom. The van der Waals surface area contributed by atoms with Crippen molar-refractivity contribution in [1.29, 1.82) is 0 Å². The van der Waals surface area contributed by atoms with Crippen molar-refractivity contribution >= 4 is 0 Å². The highest BCUT2D eigenvalue weighted by Gasteiger charge is 2.33. The van der Waals surface area contributed by atoms with Crippen molar-refractivity contribution in [1.82, 2.24) is 4.90 Å². The van der Waals surface area contributed by atoms with Gasteiger partial charge in [0, 0.05) is 12.6 Å². The molecule has 2 aromatic rings. The third kappa shape index (κ3) is 3.57. The van der Waals surface area contributed by atoms with Gasteiger partial charge < -0.3 is 15.4 Å². The fourth-order valence-corrected chi connectivity index (χ4v) is 3.70. The van der Waals surface area contributed by atoms with Gasteiger partial charge in [-0.3, -0.25) is 0 Å². The molecule has 1 saturated heterocycles. The molecule has 1 heterocycles. The molecule has 122 valence electrons. The van der Waals surface area contributed by atoms with Crippen LogP contribution in [0, 0.1) is 5.92 Å². The Kier molecular flexibility index (Phi) is 4.99. The first-order chi connectivity index (χ1) is 11.2. The SMILES string of the molecule is COc1ccc(C(N)C2CN(C)CCC2c2ccccc2)cc1. The molecule has 3 atom stereocenters. The highest BCUT2D eigenvalue weighted by Crippen LogP contribution is 2.39. The van der Waals surface area contributed by atoms with E-state index < -0.39 is 0 Å². The van der Waals surface area contributed by atoms with Crippen molar-refractivity contribution in [2.24, 2.45) is 11.7 Å². The third-order valence-electron chi connectivity index (χ3n) is 5.05. The summed E-state index contributed by atoms with van der Waals surface area (Å²) in [4.78, 5) is 2.40. The van der Waals surface area contributed by atoms with Crippen LogP contribution in [0.4, 0.5) is 0 Å². The molecule has 1 aliphatic rings. The summed E-state index contributed by atoms with van der Waals surface area (Å²) >= 11 is 0. The number of rotatable bonds is 4. The van der Waals surface area contributed by atoms with Gasteiger partial charge in [-0.15, -0.1) is 0 Å². The summed E-state index contributed by atoms with van der Waals surface area (Å²) in [6.07, 6.45) is 1.16. The zero-order valence-corrected chi connectivity index (χ0v) is 14.0. The molecule has 0 bridgehead atoms. The van der Waals surface area contributed by atoms with Crippen molar-refractivity contribution in [3.05, 3.63) is 65.7 Å². The molecule has 3 unspecified atom stereocenters. The summed E-state index contributed by atoms with van der Waals surface area (Å²) in [6, 6.07) is 19.0. The van der Waals surface area contributed by atoms with E-state index in [0.717, 1.165) is 25.3 Å². The van der Waals surface area contributed by atoms with Crippen molar-refractivity contribution < 1.29 is 4.74 Å². The topological polar surface area (TPSA) is 38.5 Å². The van der Waals surface area contributed by atoms with E-state index in [0.29, 0.717) is 11.8 Å². The molecular weight excluding hydrogens is 284 g/mol. The maximum absolute atomic E-state index is 6.68. The number of hydrogen-bond donors (Lipinski definition) is 1. The molecule has 0 spiro atoms. The van der Waals surface area contributed by atoms with Crippen molar-refractivity contribution in [2.75, 3.05) is 27.2 Å². The molecule has 0 amide bonds. The van der Waals surface area contributed by atoms with Gasteiger partial charge in [0.05, 0.1) is 7.11 Å². The van der Waals surface area contributed by atoms with Gasteiger partial charge >= 0.3 is 0 Å². The summed E-state index contributed by atoms with van der Waals surface area (Å²) in [6.45, 7) is 2.16. The Morgan fingerprint density at radius 1 is 1.09 bits per heavy atom. The number of likely N-dealkylation sites (tertiary alicyclic amines) is 1. The lowest BCUT2D eigenvalue weighted by Gasteiger charge is -2.40. The first-order valence-corrected chi connectivity index (χ1v) is 8.32. The van der Waals surface area contributed by atoms with Gasteiger partial charge in [-0.1, -0.05) is 42.5 Å². The van der Waals surface area contributed by atoms with E-state index in [9.17, 15) is 0 Å². The molecule has 2 N–H and O–H groups in total. The first kappa shape index (κ1) is 16.0. The van der Waals surface area contributed by atoms with Gasteiger partial charge in [-0.25, -0.2) is 0 Å². The van der Waals surface area contributed by atoms with E-state index in [1.165, 1.54) is 11.1 Å². The van der Waals surface area contributed by atoms with Crippen molar-refractivity contribution in [3.8, 4) is 5.75 Å². The van der Waals surface area contributed by atoms with Crippen LogP contribution in [-0.4, -0.2) is 32.1 Å². The second-order valence-corrected chi connectivity index (χ2v) is 6.53. The van der Waals surface area contributed by atoms with Crippen molar-refractivity contribution in [3.63, 3.8) is 0 Å². The monoisotopic (exact) mass is 310 g/mol. The smallest absolute Gasteiger partial charge is 0.118 e. The number of ether oxygens (including phenoxy) is 1. The number of nitrogens with zero attached hydrogens (tertiary/aromatic N) is 1. The maximum atomic E-state index is 6.68. The zero-order chi connectivity index (χ0) is 16.2. The minimum atomic E-state index is 0.0360. The lowest BCUT2D eigenvalue weighted by atomic mass is 9.75. The number of nitrogens with two attached hydrogens (primary N) is 1. The van der Waals surface area contributed by atoms with Gasteiger partial charge in [0.15, 0.2) is 0 Å². The molecule has 0 radical (unpaired) electrons. The van der Waals surface area contributed by atoms with Crippen LogP contribution in [0.3, 0.4) is 0 Å². The van der Waals surface area contributed by atoms with Gasteiger partial charge in [-0.05, 0) is 55.1 Å². The number of piperidine rings is 1. The Morgan fingerprint density at radius 3 is 2.43 bits per heavy atom. The molecular formula is C20H26N2O. The molecule has 2 aromatic carbocycles. The number of benzene rings is 2. The summed E-state index contributed by atoms with van der Waals surface area (Å²) in [5.74, 6) is 1.82. The average molecular weight is 310 g/mol. The van der Waals surface area contributed by atoms with E-state index in [2.05, 4.69) is 54.4 Å². The molecule has 0 saturated carbocycles. The summed E-state index contributed by atoms with van der Waals surface area (Å²) in [5.41, 5.74) is 9.28. The highest BCUT2D eigenvalue weighted by atomic mass is 16.5. The Hall–Kier alpha value is -1.84. The average Bonchev–Trinajstić information content (AvgIpc) is 2.62. The molecule has 3 rings (SSSR count). The van der Waals surface area contributed by atoms with Crippen LogP contribution in [0.2, 0.25) is 0 Å². The standard InChI is InChI=1S/C20H26N2O/c1-22-13-12-18(15-6-4-3-5-7-15)19(14-22)20(21)16-8-10-17(23-2)11-9-16/h3-11,18-20H,12-14,21H2,1-2H3. The lowest BCUT2D eigenvalue weighted by molar-refractivity contribution is 0.162. The second-order valence-electron chi connectivity index (χ2n) is 6.53. The summed E-state index contributed by atoms with van der Waals surface area (Å²) in [5, 5.41) is 0. The predicted octanol–water partition coefficient (Wildman–Crippen LogP) is 3.43. The number of hydrogen-bond acceptors (Lipinski definition) is 3. The van der Waals surface area contributed by atoms with Crippen LogP contribution in [0.5, 0.6) is 5.75 Å². The lowest BCUT2D eigenvalue weighted by Crippen LogP contribution is -2.42. The minimum Gasteiger partial charge on any atom is -0.497 e. The van der Waals surface area contributed by atoms with E-state index >= 15 is 0 Å². The number of methoxy groups -OCH3 is 1. The molecule has 3 nitrogen and oxygen atoms in total. The molecule has 0 aromatic heterocycles. The first-order valence-electron chi connectivity index (χ1n) is 8.32. The van der Waals surface area contributed by atoms with E-state index in [4.69, 9.17) is 10.5 Å². The largest absolute Gasteiger partial charge is 0.497 e. The van der Waals surface area contributed by atoms with E-state index in [1.807, 2.05) is 12.1 Å². The quantitative estimate of drug-likeness (QED) is 0.940. The van der Waals surface area contributed by atoms with Crippen LogP contribution in [0.15, 0.2) is 54.6 Å². The van der Waals surface area contributed by atoms with Crippen LogP contribution in [0.25, 0.3) is 0 Å². The van der Waals surface area contributed by atoms with Gasteiger partial charge in [0.25, 0.3) is 0 Å². The predicted molar refractivity (Wildman–Crippen MR) is 94.7 cm³/mol. The highest BCUT2D eigenvalue weighted by molar-refractivity contribution is 5.31. The van der Waals surface area contributed by atoms with Gasteiger partial charge in [0.1, 0.15) is 5.75 Å². The van der Waals surface area contributed by atoms with Crippen LogP contribution in [0.1, 0.15) is 29.5 Å². The van der Waals surface area contributed by atoms with E-state index in [-0.39, 0.29) is 6.04 Å². The van der Waals surface area contributed by atoms with Crippen LogP contribution >= 0.6 is 0 Å². The molecule has 23 heavy (non-hydrogen) atoms. The summed E-state index contributed by atoms with van der Waals surface area (Å²) in [7, 11) is 3.88. The second kappa shape index (κ2) is 7.16. The molecule has 1 aliphatic heterocycles. The van der Waals surface area contributed by atoms with Crippen LogP contribution in [-0.2, 0) is 0 Å². The van der Waals surface area contributed by atoms with Crippen LogP contribution < -0.4 is 10.5 Å². The Labute approximate surface area is 139 Å². The fraction of sp³-hybridized carbons (Fsp3) is 0.400. The Balaban J connectivity index is 1.86. The van der Waals surface area contributed by atoms with Crippen molar-refractivity contribution in [2.45, 2.75) is 18.4 Å². The summed E-state index contributed by atoms with van der Waals surface area (Å²) < 4.78 is 5.25. The normalized spacial score (nSPS) is 23.4. The van der Waals surface area contributed by atoms with Gasteiger partial charge in [0.2, 0.25) is 0 Å².